The molecule has 0 radical (unpaired) electrons. The van der Waals surface area contributed by atoms with Crippen LogP contribution in [-0.4, -0.2) is 39.6 Å². The van der Waals surface area contributed by atoms with Crippen molar-refractivity contribution in [3.05, 3.63) is 32.1 Å². The third-order valence-electron chi connectivity index (χ3n) is 1.71. The van der Waals surface area contributed by atoms with Crippen molar-refractivity contribution in [2.75, 3.05) is 7.11 Å². The molecule has 0 bridgehead atoms. The number of carboxylic acids is 1. The second-order valence-electron chi connectivity index (χ2n) is 3.16. The van der Waals surface area contributed by atoms with Crippen LogP contribution >= 0.6 is 22.7 Å². The van der Waals surface area contributed by atoms with Crippen LogP contribution in [0.2, 0.25) is 0 Å². The zero-order valence-electron chi connectivity index (χ0n) is 13.8. The quantitative estimate of drug-likeness (QED) is 0.561. The van der Waals surface area contributed by atoms with E-state index in [-0.39, 0.29) is 57.1 Å². The van der Waals surface area contributed by atoms with Crippen LogP contribution in [0.4, 0.5) is 0 Å². The molecular weight excluding hydrogens is 327 g/mol. The normalized spacial score (nSPS) is 9.86. The predicted molar refractivity (Wildman–Crippen MR) is 73.9 cm³/mol. The van der Waals surface area contributed by atoms with Gasteiger partial charge in [0.25, 0.3) is 0 Å². The molecule has 0 aliphatic rings. The maximum atomic E-state index is 10.8. The molecule has 0 atom stereocenters. The number of thiazole rings is 2. The summed E-state index contributed by atoms with van der Waals surface area (Å²) in [7, 11) is 1.27. The predicted octanol–water partition coefficient (Wildman–Crippen LogP) is -0.785. The van der Waals surface area contributed by atoms with Gasteiger partial charge in [-0.3, -0.25) is 0 Å². The van der Waals surface area contributed by atoms with Crippen molar-refractivity contribution < 1.29 is 57.2 Å². The fraction of sp³-hybridized carbons (Fsp3) is 0.273. The van der Waals surface area contributed by atoms with Crippen LogP contribution in [0.25, 0.3) is 0 Å². The third-order valence-corrected chi connectivity index (χ3v) is 3.07. The number of hydrogen-bond acceptors (Lipinski definition) is 8. The van der Waals surface area contributed by atoms with Crippen molar-refractivity contribution in [1.29, 1.82) is 0 Å². The van der Waals surface area contributed by atoms with Crippen molar-refractivity contribution in [1.82, 2.24) is 9.97 Å². The summed E-state index contributed by atoms with van der Waals surface area (Å²) in [4.78, 5) is 28.6. The van der Waals surface area contributed by atoms with Crippen molar-refractivity contribution in [2.45, 2.75) is 13.8 Å². The van der Waals surface area contributed by atoms with Crippen LogP contribution in [0.15, 0.2) is 10.7 Å². The summed E-state index contributed by atoms with van der Waals surface area (Å²) in [5, 5.41) is 9.90. The van der Waals surface area contributed by atoms with Gasteiger partial charge in [-0.15, -0.1) is 22.7 Å². The Kier molecular flexibility index (Phi) is 9.39. The van der Waals surface area contributed by atoms with Crippen molar-refractivity contribution in [3.63, 3.8) is 0 Å². The van der Waals surface area contributed by atoms with Crippen molar-refractivity contribution >= 4 is 34.6 Å². The molecule has 110 valence electrons. The standard InChI is InChI=1S/C6H7NO2S.C5H5NO2S.Na.H2O/c1-4-7-5(3-10-4)6(8)9-2;1-3-6-4(2-9-3)5(7)8;;/h3H,1-2H3;2H,1H3,(H,7,8);;1H2/q;;+1;/p-1/i3D;2D;;. The molecule has 2 aromatic heterocycles. The maximum Gasteiger partial charge on any atom is 1.00 e. The topological polar surface area (TPSA) is 119 Å². The van der Waals surface area contributed by atoms with Gasteiger partial charge in [0.05, 0.1) is 19.9 Å². The number of esters is 1. The number of carbonyl (C=O) groups is 2. The Bertz CT molecular complexity index is 677. The van der Waals surface area contributed by atoms with Crippen LogP contribution in [0.5, 0.6) is 0 Å². The second kappa shape index (κ2) is 10.8. The first-order valence-corrected chi connectivity index (χ1v) is 6.59. The second-order valence-corrected chi connectivity index (χ2v) is 5.16. The van der Waals surface area contributed by atoms with E-state index >= 15 is 0 Å². The number of carbonyl (C=O) groups excluding carboxylic acids is 1. The minimum atomic E-state index is -1.13. The largest absolute Gasteiger partial charge is 1.00 e. The molecular formula is C11H13N2NaO5S2. The summed E-state index contributed by atoms with van der Waals surface area (Å²) in [5.41, 5.74) is -0.0440. The molecule has 10 heteroatoms. The molecule has 7 nitrogen and oxygen atoms in total. The number of aromatic carboxylic acids is 1. The van der Waals surface area contributed by atoms with E-state index < -0.39 is 11.9 Å². The van der Waals surface area contributed by atoms with E-state index in [1.54, 1.807) is 13.8 Å². The average Bonchev–Trinajstić information content (AvgIpc) is 2.91. The van der Waals surface area contributed by atoms with E-state index in [0.29, 0.717) is 10.0 Å². The molecule has 0 aliphatic carbocycles. The first kappa shape index (κ1) is 18.2. The van der Waals surface area contributed by atoms with Gasteiger partial charge in [0.15, 0.2) is 11.4 Å². The Morgan fingerprint density at radius 2 is 1.62 bits per heavy atom. The molecule has 0 spiro atoms. The molecule has 21 heavy (non-hydrogen) atoms. The Balaban J connectivity index is 0. The van der Waals surface area contributed by atoms with Gasteiger partial charge in [-0.05, 0) is 13.8 Å². The summed E-state index contributed by atoms with van der Waals surface area (Å²) < 4.78 is 18.8. The molecule has 0 unspecified atom stereocenters. The van der Waals surface area contributed by atoms with Crippen molar-refractivity contribution in [3.8, 4) is 0 Å². The first-order chi connectivity index (χ1) is 9.76. The molecule has 0 aromatic carbocycles. The number of carboxylic acid groups (broad SMARTS) is 1. The molecule has 0 aliphatic heterocycles. The summed E-state index contributed by atoms with van der Waals surface area (Å²) in [6.45, 7) is 3.42. The molecule has 0 amide bonds. The van der Waals surface area contributed by atoms with E-state index in [2.05, 4.69) is 14.7 Å². The van der Waals surface area contributed by atoms with Gasteiger partial charge < -0.3 is 15.3 Å². The van der Waals surface area contributed by atoms with Gasteiger partial charge in [-0.1, -0.05) is 0 Å². The van der Waals surface area contributed by atoms with E-state index in [1.807, 2.05) is 0 Å². The summed E-state index contributed by atoms with van der Waals surface area (Å²) in [6, 6.07) is 0. The molecule has 0 saturated heterocycles. The van der Waals surface area contributed by atoms with Crippen LogP contribution in [0.3, 0.4) is 0 Å². The van der Waals surface area contributed by atoms with Gasteiger partial charge in [-0.2, -0.15) is 0 Å². The Morgan fingerprint density at radius 1 is 1.19 bits per heavy atom. The SMILES string of the molecule is [2H]c1sc(C)nc1C(=O)O.[2H]c1sc(C)nc1C(=O)OC.[Na+].[OH-]. The fourth-order valence-electron chi connectivity index (χ4n) is 0.926. The van der Waals surface area contributed by atoms with Gasteiger partial charge in [0.1, 0.15) is 0 Å². The zero-order valence-corrected chi connectivity index (χ0v) is 15.5. The molecule has 2 aromatic rings. The van der Waals surface area contributed by atoms with Crippen LogP contribution in [0.1, 0.15) is 33.7 Å². The van der Waals surface area contributed by atoms with Gasteiger partial charge in [-0.25, -0.2) is 19.6 Å². The number of ether oxygens (including phenoxy) is 1. The van der Waals surface area contributed by atoms with E-state index in [4.69, 9.17) is 7.85 Å². The number of rotatable bonds is 2. The summed E-state index contributed by atoms with van der Waals surface area (Å²) >= 11 is 2.24. The number of aryl methyl sites for hydroxylation is 2. The Hall–Kier alpha value is -0.840. The van der Waals surface area contributed by atoms with E-state index in [9.17, 15) is 9.59 Å². The fourth-order valence-corrected chi connectivity index (χ4v) is 1.95. The van der Waals surface area contributed by atoms with Gasteiger partial charge >= 0.3 is 41.5 Å². The molecule has 2 heterocycles. The minimum Gasteiger partial charge on any atom is -0.870 e. The first-order valence-electron chi connectivity index (χ1n) is 5.96. The summed E-state index contributed by atoms with van der Waals surface area (Å²) in [5.74, 6) is -1.67. The smallest absolute Gasteiger partial charge is 0.870 e. The van der Waals surface area contributed by atoms with Gasteiger partial charge in [0.2, 0.25) is 0 Å². The monoisotopic (exact) mass is 342 g/mol. The van der Waals surface area contributed by atoms with Crippen LogP contribution in [0, 0.1) is 13.8 Å². The van der Waals surface area contributed by atoms with E-state index in [1.165, 1.54) is 18.4 Å². The summed E-state index contributed by atoms with van der Waals surface area (Å²) in [6.07, 6.45) is 0. The molecule has 2 rings (SSSR count). The van der Waals surface area contributed by atoms with Gasteiger partial charge in [0, 0.05) is 10.7 Å². The van der Waals surface area contributed by atoms with Crippen LogP contribution < -0.4 is 29.6 Å². The molecule has 0 fully saturated rings. The number of methoxy groups -OCH3 is 1. The molecule has 0 saturated carbocycles. The number of aromatic nitrogens is 2. The number of hydrogen-bond donors (Lipinski definition) is 1. The Labute approximate surface area is 154 Å². The minimum absolute atomic E-state index is 0. The van der Waals surface area contributed by atoms with Crippen LogP contribution in [-0.2, 0) is 4.74 Å². The van der Waals surface area contributed by atoms with Crippen molar-refractivity contribution in [2.24, 2.45) is 0 Å². The molecule has 2 N–H and O–H groups in total. The average molecular weight is 342 g/mol. The van der Waals surface area contributed by atoms with E-state index in [0.717, 1.165) is 11.3 Å². The third kappa shape index (κ3) is 7.65. The maximum absolute atomic E-state index is 10.8. The number of nitrogens with zero attached hydrogens (tertiary/aromatic N) is 2. The Morgan fingerprint density at radius 3 is 1.86 bits per heavy atom. The zero-order chi connectivity index (χ0) is 16.2.